The molecule has 1 aliphatic heterocycles. The molecule has 0 unspecified atom stereocenters. The van der Waals surface area contributed by atoms with Crippen molar-refractivity contribution >= 4 is 38.7 Å². The number of hydrogen-bond acceptors (Lipinski definition) is 3. The van der Waals surface area contributed by atoms with Gasteiger partial charge in [-0.3, -0.25) is 0 Å². The second kappa shape index (κ2) is 4.72. The van der Waals surface area contributed by atoms with Crippen molar-refractivity contribution in [2.24, 2.45) is 0 Å². The van der Waals surface area contributed by atoms with E-state index in [2.05, 4.69) is 31.3 Å². The first-order valence-corrected chi connectivity index (χ1v) is 8.44. The molecule has 0 saturated carbocycles. The lowest BCUT2D eigenvalue weighted by molar-refractivity contribution is -0.749. The number of furan rings is 1. The number of nitrogens with zero attached hydrogens (tertiary/aromatic N) is 5. The average Bonchev–Trinajstić information content (AvgIpc) is 3.34. The second-order valence-electron chi connectivity index (χ2n) is 6.62. The van der Waals surface area contributed by atoms with Crippen LogP contribution < -0.4 is 4.68 Å². The summed E-state index contributed by atoms with van der Waals surface area (Å²) in [6, 6.07) is 13.8. The summed E-state index contributed by atoms with van der Waals surface area (Å²) in [7, 11) is 0. The van der Waals surface area contributed by atoms with Crippen molar-refractivity contribution in [3.63, 3.8) is 0 Å². The van der Waals surface area contributed by atoms with Crippen molar-refractivity contribution in [1.82, 2.24) is 9.67 Å². The maximum atomic E-state index is 9.47. The van der Waals surface area contributed by atoms with E-state index in [1.165, 1.54) is 5.56 Å². The van der Waals surface area contributed by atoms with Gasteiger partial charge in [0.2, 0.25) is 11.9 Å². The maximum absolute atomic E-state index is 9.47. The minimum Gasteiger partial charge on any atom is -0.438 e. The standard InChI is InChI=1S/C21H10N5O/c1-23-14-5-12(9-22)17-11-25-10-13-6-16-15-3-2-4-24-21(15)27-20(16)8-18(13)26(25)19(17)7-14/h2-8,11H,10H2/q+1. The van der Waals surface area contributed by atoms with Crippen molar-refractivity contribution < 1.29 is 9.10 Å². The fraction of sp³-hybridized carbons (Fsp3) is 0.0476. The summed E-state index contributed by atoms with van der Waals surface area (Å²) in [4.78, 5) is 7.82. The third kappa shape index (κ3) is 1.71. The summed E-state index contributed by atoms with van der Waals surface area (Å²) < 4.78 is 10.1. The Labute approximate surface area is 152 Å². The van der Waals surface area contributed by atoms with Gasteiger partial charge in [0.05, 0.1) is 23.6 Å². The van der Waals surface area contributed by atoms with Crippen LogP contribution >= 0.6 is 0 Å². The van der Waals surface area contributed by atoms with Crippen LogP contribution in [0.3, 0.4) is 0 Å². The SMILES string of the molecule is [C-]#[N+]c1cc(C#N)c2c[n+]3n(c2c1)-c1cc2oc4ncccc4c2cc1C3. The zero-order valence-corrected chi connectivity index (χ0v) is 14.0. The van der Waals surface area contributed by atoms with Gasteiger partial charge < -0.3 is 4.42 Å². The van der Waals surface area contributed by atoms with Crippen LogP contribution in [0, 0.1) is 17.9 Å². The maximum Gasteiger partial charge on any atom is 0.227 e. The lowest BCUT2D eigenvalue weighted by Gasteiger charge is -2.00. The lowest BCUT2D eigenvalue weighted by atomic mass is 10.1. The molecule has 6 rings (SSSR count). The predicted molar refractivity (Wildman–Crippen MR) is 98.6 cm³/mol. The monoisotopic (exact) mass is 348 g/mol. The number of aromatic nitrogens is 3. The molecule has 1 aliphatic rings. The molecule has 6 heteroatoms. The van der Waals surface area contributed by atoms with E-state index in [0.717, 1.165) is 32.9 Å². The first kappa shape index (κ1) is 14.1. The smallest absolute Gasteiger partial charge is 0.227 e. The van der Waals surface area contributed by atoms with Crippen molar-refractivity contribution in [1.29, 1.82) is 5.26 Å². The van der Waals surface area contributed by atoms with Gasteiger partial charge in [-0.05, 0) is 30.3 Å². The minimum atomic E-state index is 0.461. The van der Waals surface area contributed by atoms with Gasteiger partial charge in [-0.15, -0.1) is 9.36 Å². The number of hydrogen-bond donors (Lipinski definition) is 0. The highest BCUT2D eigenvalue weighted by molar-refractivity contribution is 6.04. The molecule has 124 valence electrons. The molecular weight excluding hydrogens is 338 g/mol. The molecule has 6 nitrogen and oxygen atoms in total. The van der Waals surface area contributed by atoms with Gasteiger partial charge in [-0.2, -0.15) is 5.26 Å². The highest BCUT2D eigenvalue weighted by Gasteiger charge is 2.30. The Bertz CT molecular complexity index is 1520. The van der Waals surface area contributed by atoms with Crippen LogP contribution in [0.2, 0.25) is 0 Å². The van der Waals surface area contributed by atoms with Gasteiger partial charge in [0.25, 0.3) is 0 Å². The van der Waals surface area contributed by atoms with E-state index in [4.69, 9.17) is 11.0 Å². The Hall–Kier alpha value is -4.16. The van der Waals surface area contributed by atoms with Crippen molar-refractivity contribution in [3.05, 3.63) is 71.3 Å². The molecule has 3 aromatic heterocycles. The zero-order chi connectivity index (χ0) is 18.1. The van der Waals surface area contributed by atoms with Crippen LogP contribution in [0.15, 0.2) is 53.2 Å². The van der Waals surface area contributed by atoms with E-state index < -0.39 is 0 Å². The molecule has 0 saturated heterocycles. The number of pyridine rings is 1. The van der Waals surface area contributed by atoms with Gasteiger partial charge in [0, 0.05) is 28.6 Å². The number of benzene rings is 2. The summed E-state index contributed by atoms with van der Waals surface area (Å²) in [5.41, 5.74) is 5.41. The van der Waals surface area contributed by atoms with Gasteiger partial charge in [-0.25, -0.2) is 9.83 Å². The highest BCUT2D eigenvalue weighted by atomic mass is 16.3. The molecule has 0 N–H and O–H groups in total. The molecule has 0 aliphatic carbocycles. The first-order valence-electron chi connectivity index (χ1n) is 8.44. The minimum absolute atomic E-state index is 0.461. The zero-order valence-electron chi connectivity index (χ0n) is 14.0. The molecule has 0 fully saturated rings. The van der Waals surface area contributed by atoms with Crippen LogP contribution in [0.4, 0.5) is 5.69 Å². The largest absolute Gasteiger partial charge is 0.438 e. The Balaban J connectivity index is 1.71. The Kier molecular flexibility index (Phi) is 2.46. The fourth-order valence-corrected chi connectivity index (χ4v) is 4.01. The third-order valence-corrected chi connectivity index (χ3v) is 5.17. The Morgan fingerprint density at radius 1 is 1.22 bits per heavy atom. The van der Waals surface area contributed by atoms with E-state index in [0.29, 0.717) is 23.5 Å². The predicted octanol–water partition coefficient (Wildman–Crippen LogP) is 4.00. The molecule has 5 aromatic rings. The molecule has 2 aromatic carbocycles. The number of rotatable bonds is 0. The lowest BCUT2D eigenvalue weighted by Crippen LogP contribution is -2.36. The summed E-state index contributed by atoms with van der Waals surface area (Å²) in [6.45, 7) is 8.03. The molecular formula is C21H10N5O+. The quantitative estimate of drug-likeness (QED) is 0.308. The molecule has 0 radical (unpaired) electrons. The van der Waals surface area contributed by atoms with Gasteiger partial charge >= 0.3 is 0 Å². The van der Waals surface area contributed by atoms with Crippen LogP contribution in [0.1, 0.15) is 11.1 Å². The molecule has 0 bridgehead atoms. The number of nitriles is 1. The van der Waals surface area contributed by atoms with Crippen LogP contribution in [0.25, 0.3) is 43.5 Å². The van der Waals surface area contributed by atoms with Gasteiger partial charge in [0.1, 0.15) is 16.8 Å². The Morgan fingerprint density at radius 2 is 2.15 bits per heavy atom. The fourth-order valence-electron chi connectivity index (χ4n) is 4.01. The summed E-state index contributed by atoms with van der Waals surface area (Å²) >= 11 is 0. The molecule has 4 heterocycles. The molecule has 27 heavy (non-hydrogen) atoms. The van der Waals surface area contributed by atoms with Gasteiger partial charge in [0.15, 0.2) is 12.2 Å². The molecule has 0 amide bonds. The average molecular weight is 348 g/mol. The van der Waals surface area contributed by atoms with E-state index in [1.54, 1.807) is 12.3 Å². The van der Waals surface area contributed by atoms with E-state index in [1.807, 2.05) is 30.5 Å². The summed E-state index contributed by atoms with van der Waals surface area (Å²) in [5, 5.41) is 12.4. The second-order valence-corrected chi connectivity index (χ2v) is 6.62. The topological polar surface area (TPSA) is 63.0 Å². The van der Waals surface area contributed by atoms with Crippen molar-refractivity contribution in [2.45, 2.75) is 6.54 Å². The normalized spacial score (nSPS) is 12.2. The first-order chi connectivity index (χ1) is 13.3. The highest BCUT2D eigenvalue weighted by Crippen LogP contribution is 2.35. The summed E-state index contributed by atoms with van der Waals surface area (Å²) in [6.07, 6.45) is 3.70. The van der Waals surface area contributed by atoms with Crippen LogP contribution in [-0.2, 0) is 6.54 Å². The van der Waals surface area contributed by atoms with Crippen LogP contribution in [-0.4, -0.2) is 9.67 Å². The van der Waals surface area contributed by atoms with Gasteiger partial charge in [-0.1, -0.05) is 0 Å². The van der Waals surface area contributed by atoms with Crippen molar-refractivity contribution in [3.8, 4) is 11.8 Å². The molecule has 0 atom stereocenters. The van der Waals surface area contributed by atoms with E-state index in [9.17, 15) is 5.26 Å². The van der Waals surface area contributed by atoms with E-state index in [-0.39, 0.29) is 0 Å². The Morgan fingerprint density at radius 3 is 3.00 bits per heavy atom. The third-order valence-electron chi connectivity index (χ3n) is 5.17. The van der Waals surface area contributed by atoms with Crippen molar-refractivity contribution in [2.75, 3.05) is 0 Å². The number of fused-ring (bicyclic) bond motifs is 8. The molecule has 0 spiro atoms. The van der Waals surface area contributed by atoms with Crippen LogP contribution in [0.5, 0.6) is 0 Å². The van der Waals surface area contributed by atoms with E-state index >= 15 is 0 Å². The summed E-state index contributed by atoms with van der Waals surface area (Å²) in [5.74, 6) is 0.